The van der Waals surface area contributed by atoms with E-state index in [2.05, 4.69) is 48.1 Å². The molecule has 18 heavy (non-hydrogen) atoms. The van der Waals surface area contributed by atoms with Crippen LogP contribution >= 0.6 is 23.1 Å². The molecule has 0 saturated heterocycles. The van der Waals surface area contributed by atoms with Gasteiger partial charge in [-0.2, -0.15) is 11.8 Å². The molecule has 1 aromatic heterocycles. The van der Waals surface area contributed by atoms with Gasteiger partial charge in [-0.1, -0.05) is 25.1 Å². The van der Waals surface area contributed by atoms with Gasteiger partial charge >= 0.3 is 0 Å². The maximum atomic E-state index is 3.61. The molecule has 2 rings (SSSR count). The molecule has 1 unspecified atom stereocenters. The summed E-state index contributed by atoms with van der Waals surface area (Å²) < 4.78 is 1.41. The Morgan fingerprint density at radius 3 is 2.94 bits per heavy atom. The van der Waals surface area contributed by atoms with Crippen LogP contribution in [0, 0.1) is 0 Å². The van der Waals surface area contributed by atoms with Gasteiger partial charge in [0.15, 0.2) is 0 Å². The zero-order valence-corrected chi connectivity index (χ0v) is 12.7. The van der Waals surface area contributed by atoms with Gasteiger partial charge in [0.05, 0.1) is 0 Å². The van der Waals surface area contributed by atoms with Crippen molar-refractivity contribution in [3.63, 3.8) is 0 Å². The van der Waals surface area contributed by atoms with E-state index in [1.807, 2.05) is 23.1 Å². The van der Waals surface area contributed by atoms with Gasteiger partial charge in [0, 0.05) is 10.7 Å². The molecule has 0 aliphatic carbocycles. The lowest BCUT2D eigenvalue weighted by Gasteiger charge is -2.17. The van der Waals surface area contributed by atoms with Crippen molar-refractivity contribution in [1.82, 2.24) is 5.32 Å². The minimum absolute atomic E-state index is 0.612. The summed E-state index contributed by atoms with van der Waals surface area (Å²) in [5.74, 6) is 1.24. The number of hydrogen-bond donors (Lipinski definition) is 1. The Morgan fingerprint density at radius 1 is 1.33 bits per heavy atom. The number of likely N-dealkylation sites (N-methyl/N-ethyl adjacent to an activating group) is 1. The lowest BCUT2D eigenvalue weighted by Crippen LogP contribution is -2.31. The number of benzene rings is 1. The third kappa shape index (κ3) is 3.50. The number of thioether (sulfide) groups is 1. The van der Waals surface area contributed by atoms with Crippen LogP contribution in [0.15, 0.2) is 29.6 Å². The first-order valence-electron chi connectivity index (χ1n) is 6.52. The van der Waals surface area contributed by atoms with Gasteiger partial charge < -0.3 is 5.32 Å². The molecule has 1 N–H and O–H groups in total. The van der Waals surface area contributed by atoms with Crippen LogP contribution in [0.4, 0.5) is 0 Å². The van der Waals surface area contributed by atoms with E-state index in [1.165, 1.54) is 27.8 Å². The zero-order chi connectivity index (χ0) is 12.8. The Balaban J connectivity index is 2.10. The smallest absolute Gasteiger partial charge is 0.0345 e. The van der Waals surface area contributed by atoms with Crippen LogP contribution in [-0.4, -0.2) is 24.6 Å². The fourth-order valence-corrected chi connectivity index (χ4v) is 3.78. The van der Waals surface area contributed by atoms with E-state index in [4.69, 9.17) is 0 Å². The number of thiophene rings is 1. The quantitative estimate of drug-likeness (QED) is 0.816. The van der Waals surface area contributed by atoms with Crippen molar-refractivity contribution in [3.8, 4) is 0 Å². The van der Waals surface area contributed by atoms with Crippen LogP contribution in [0.1, 0.15) is 18.9 Å². The van der Waals surface area contributed by atoms with Crippen molar-refractivity contribution in [2.24, 2.45) is 0 Å². The third-order valence-electron chi connectivity index (χ3n) is 3.19. The monoisotopic (exact) mass is 279 g/mol. The van der Waals surface area contributed by atoms with Crippen molar-refractivity contribution >= 4 is 33.2 Å². The first-order chi connectivity index (χ1) is 8.85. The maximum absolute atomic E-state index is 3.61. The SMILES string of the molecule is CCNC(CCSC)Cc1csc2ccccc12. The summed E-state index contributed by atoms with van der Waals surface area (Å²) in [7, 11) is 0. The van der Waals surface area contributed by atoms with Crippen molar-refractivity contribution in [1.29, 1.82) is 0 Å². The standard InChI is InChI=1S/C15H21NS2/c1-3-16-13(8-9-17-2)10-12-11-18-15-7-5-4-6-14(12)15/h4-7,11,13,16H,3,8-10H2,1-2H3. The summed E-state index contributed by atoms with van der Waals surface area (Å²) in [5.41, 5.74) is 1.50. The highest BCUT2D eigenvalue weighted by atomic mass is 32.2. The Morgan fingerprint density at radius 2 is 2.17 bits per heavy atom. The summed E-state index contributed by atoms with van der Waals surface area (Å²) in [6.45, 7) is 3.25. The zero-order valence-electron chi connectivity index (χ0n) is 11.1. The van der Waals surface area contributed by atoms with E-state index in [9.17, 15) is 0 Å². The minimum atomic E-state index is 0.612. The summed E-state index contributed by atoms with van der Waals surface area (Å²) in [6, 6.07) is 9.34. The van der Waals surface area contributed by atoms with E-state index >= 15 is 0 Å². The van der Waals surface area contributed by atoms with Crippen molar-refractivity contribution < 1.29 is 0 Å². The summed E-state index contributed by atoms with van der Waals surface area (Å²) in [5, 5.41) is 7.38. The molecule has 98 valence electrons. The summed E-state index contributed by atoms with van der Waals surface area (Å²) >= 11 is 3.80. The predicted octanol–water partition coefficient (Wildman–Crippen LogP) is 4.18. The molecule has 0 saturated carbocycles. The van der Waals surface area contributed by atoms with Crippen LogP contribution < -0.4 is 5.32 Å². The predicted molar refractivity (Wildman–Crippen MR) is 86.0 cm³/mol. The fourth-order valence-electron chi connectivity index (χ4n) is 2.28. The highest BCUT2D eigenvalue weighted by Crippen LogP contribution is 2.27. The molecule has 0 aliphatic rings. The number of rotatable bonds is 7. The number of fused-ring (bicyclic) bond motifs is 1. The lowest BCUT2D eigenvalue weighted by atomic mass is 10.0. The van der Waals surface area contributed by atoms with E-state index in [-0.39, 0.29) is 0 Å². The Labute approximate surface area is 118 Å². The van der Waals surface area contributed by atoms with Gasteiger partial charge in [-0.25, -0.2) is 0 Å². The highest BCUT2D eigenvalue weighted by Gasteiger charge is 2.11. The topological polar surface area (TPSA) is 12.0 Å². The van der Waals surface area contributed by atoms with Crippen LogP contribution in [-0.2, 0) is 6.42 Å². The lowest BCUT2D eigenvalue weighted by molar-refractivity contribution is 0.515. The van der Waals surface area contributed by atoms with Crippen LogP contribution in [0.2, 0.25) is 0 Å². The Bertz CT molecular complexity index is 478. The number of nitrogens with one attached hydrogen (secondary N) is 1. The van der Waals surface area contributed by atoms with Gasteiger partial charge in [-0.3, -0.25) is 0 Å². The van der Waals surface area contributed by atoms with E-state index in [0.29, 0.717) is 6.04 Å². The van der Waals surface area contributed by atoms with Gasteiger partial charge in [-0.05, 0) is 53.8 Å². The second-order valence-corrected chi connectivity index (χ2v) is 6.39. The third-order valence-corrected chi connectivity index (χ3v) is 4.85. The molecule has 1 heterocycles. The minimum Gasteiger partial charge on any atom is -0.314 e. The van der Waals surface area contributed by atoms with Crippen molar-refractivity contribution in [2.75, 3.05) is 18.6 Å². The van der Waals surface area contributed by atoms with E-state index in [0.717, 1.165) is 13.0 Å². The first-order valence-corrected chi connectivity index (χ1v) is 8.80. The van der Waals surface area contributed by atoms with Gasteiger partial charge in [0.25, 0.3) is 0 Å². The molecular formula is C15H21NS2. The fraction of sp³-hybridized carbons (Fsp3) is 0.467. The normalized spacial score (nSPS) is 13.0. The van der Waals surface area contributed by atoms with Crippen molar-refractivity contribution in [3.05, 3.63) is 35.2 Å². The van der Waals surface area contributed by atoms with Crippen LogP contribution in [0.3, 0.4) is 0 Å². The largest absolute Gasteiger partial charge is 0.314 e. The second-order valence-electron chi connectivity index (χ2n) is 4.50. The Hall–Kier alpha value is -0.510. The molecule has 1 nitrogen and oxygen atoms in total. The molecule has 1 atom stereocenters. The summed E-state index contributed by atoms with van der Waals surface area (Å²) in [4.78, 5) is 0. The average Bonchev–Trinajstić information content (AvgIpc) is 2.80. The van der Waals surface area contributed by atoms with Crippen LogP contribution in [0.5, 0.6) is 0 Å². The maximum Gasteiger partial charge on any atom is 0.0345 e. The molecule has 0 aliphatic heterocycles. The molecule has 0 amide bonds. The van der Waals surface area contributed by atoms with Crippen LogP contribution in [0.25, 0.3) is 10.1 Å². The average molecular weight is 279 g/mol. The first kappa shape index (κ1) is 13.9. The van der Waals surface area contributed by atoms with Gasteiger partial charge in [-0.15, -0.1) is 11.3 Å². The van der Waals surface area contributed by atoms with Gasteiger partial charge in [0.1, 0.15) is 0 Å². The highest BCUT2D eigenvalue weighted by molar-refractivity contribution is 7.98. The molecule has 0 spiro atoms. The summed E-state index contributed by atoms with van der Waals surface area (Å²) in [6.07, 6.45) is 4.58. The van der Waals surface area contributed by atoms with Gasteiger partial charge in [0.2, 0.25) is 0 Å². The molecular weight excluding hydrogens is 258 g/mol. The molecule has 0 bridgehead atoms. The van der Waals surface area contributed by atoms with E-state index < -0.39 is 0 Å². The second kappa shape index (κ2) is 7.17. The van der Waals surface area contributed by atoms with Crippen molar-refractivity contribution in [2.45, 2.75) is 25.8 Å². The molecule has 0 radical (unpaired) electrons. The number of hydrogen-bond acceptors (Lipinski definition) is 3. The molecule has 0 fully saturated rings. The molecule has 3 heteroatoms. The Kier molecular flexibility index (Phi) is 5.54. The molecule has 1 aromatic carbocycles. The van der Waals surface area contributed by atoms with E-state index in [1.54, 1.807) is 0 Å². The molecule has 2 aromatic rings.